The number of likely N-dealkylation sites (N-methyl/N-ethyl adjacent to an activating group) is 1. The van der Waals surface area contributed by atoms with E-state index in [1.165, 1.54) is 24.2 Å². The molecule has 1 aliphatic rings. The van der Waals surface area contributed by atoms with E-state index in [0.717, 1.165) is 11.4 Å². The van der Waals surface area contributed by atoms with Crippen LogP contribution in [0.5, 0.6) is 0 Å². The number of aromatic nitrogens is 1. The summed E-state index contributed by atoms with van der Waals surface area (Å²) in [4.78, 5) is 5.16. The van der Waals surface area contributed by atoms with Crippen molar-refractivity contribution in [2.75, 3.05) is 12.8 Å². The molecule has 1 aromatic heterocycles. The van der Waals surface area contributed by atoms with E-state index in [0.29, 0.717) is 0 Å². The minimum atomic E-state index is -0.0450. The van der Waals surface area contributed by atoms with Crippen molar-refractivity contribution < 1.29 is 0 Å². The highest BCUT2D eigenvalue weighted by Gasteiger charge is 2.38. The quantitative estimate of drug-likeness (QED) is 0.818. The molecule has 4 heteroatoms. The van der Waals surface area contributed by atoms with E-state index in [4.69, 9.17) is 12.2 Å². The third-order valence-electron chi connectivity index (χ3n) is 2.99. The SMILES string of the molecule is CNC(=S)C1(c2cccnc2)CCCCS1. The van der Waals surface area contributed by atoms with Crippen LogP contribution in [-0.2, 0) is 4.75 Å². The Balaban J connectivity index is 2.38. The molecular weight excluding hydrogens is 236 g/mol. The number of thiocarbonyl (C=S) groups is 1. The van der Waals surface area contributed by atoms with E-state index in [1.54, 1.807) is 0 Å². The molecule has 0 spiro atoms. The summed E-state index contributed by atoms with van der Waals surface area (Å²) in [7, 11) is 1.91. The Bertz CT molecular complexity index is 359. The highest BCUT2D eigenvalue weighted by molar-refractivity contribution is 8.02. The summed E-state index contributed by atoms with van der Waals surface area (Å²) >= 11 is 7.46. The summed E-state index contributed by atoms with van der Waals surface area (Å²) in [5.74, 6) is 1.18. The summed E-state index contributed by atoms with van der Waals surface area (Å²) in [6, 6.07) is 4.12. The van der Waals surface area contributed by atoms with Gasteiger partial charge in [-0.25, -0.2) is 0 Å². The van der Waals surface area contributed by atoms with Crippen LogP contribution >= 0.6 is 24.0 Å². The molecule has 1 atom stereocenters. The Hall–Kier alpha value is -0.610. The first-order valence-electron chi connectivity index (χ1n) is 5.56. The molecule has 86 valence electrons. The third kappa shape index (κ3) is 2.09. The molecule has 0 aromatic carbocycles. The highest BCUT2D eigenvalue weighted by atomic mass is 32.2. The second-order valence-corrected chi connectivity index (χ2v) is 5.76. The second kappa shape index (κ2) is 5.15. The number of hydrogen-bond acceptors (Lipinski definition) is 3. The van der Waals surface area contributed by atoms with Gasteiger partial charge in [-0.05, 0) is 30.2 Å². The van der Waals surface area contributed by atoms with Crippen molar-refractivity contribution in [2.24, 2.45) is 0 Å². The molecule has 1 fully saturated rings. The first-order valence-corrected chi connectivity index (χ1v) is 6.95. The van der Waals surface area contributed by atoms with Crippen molar-refractivity contribution in [3.05, 3.63) is 30.1 Å². The molecule has 0 aliphatic carbocycles. The molecule has 2 heterocycles. The highest BCUT2D eigenvalue weighted by Crippen LogP contribution is 2.45. The summed E-state index contributed by atoms with van der Waals surface area (Å²) in [5, 5.41) is 3.16. The van der Waals surface area contributed by atoms with Gasteiger partial charge in [0, 0.05) is 19.4 Å². The van der Waals surface area contributed by atoms with Gasteiger partial charge in [-0.2, -0.15) is 0 Å². The fourth-order valence-electron chi connectivity index (χ4n) is 2.14. The van der Waals surface area contributed by atoms with E-state index in [9.17, 15) is 0 Å². The molecule has 0 bridgehead atoms. The maximum atomic E-state index is 5.51. The van der Waals surface area contributed by atoms with Crippen molar-refractivity contribution in [2.45, 2.75) is 24.0 Å². The molecule has 1 N–H and O–H groups in total. The van der Waals surface area contributed by atoms with Crippen LogP contribution in [0, 0.1) is 0 Å². The number of rotatable bonds is 2. The number of nitrogens with zero attached hydrogens (tertiary/aromatic N) is 1. The number of thioether (sulfide) groups is 1. The standard InChI is InChI=1S/C12H16N2S2/c1-13-11(15)12(6-2-3-8-16-12)10-5-4-7-14-9-10/h4-5,7,9H,2-3,6,8H2,1H3,(H,13,15). The van der Waals surface area contributed by atoms with Gasteiger partial charge in [-0.1, -0.05) is 24.7 Å². The lowest BCUT2D eigenvalue weighted by molar-refractivity contribution is 0.620. The zero-order valence-corrected chi connectivity index (χ0v) is 11.0. The average molecular weight is 252 g/mol. The lowest BCUT2D eigenvalue weighted by Crippen LogP contribution is -2.40. The predicted octanol–water partition coefficient (Wildman–Crippen LogP) is 2.74. The van der Waals surface area contributed by atoms with E-state index >= 15 is 0 Å². The molecule has 1 unspecified atom stereocenters. The van der Waals surface area contributed by atoms with Gasteiger partial charge in [-0.15, -0.1) is 11.8 Å². The maximum Gasteiger partial charge on any atom is 0.0960 e. The van der Waals surface area contributed by atoms with Crippen LogP contribution in [0.3, 0.4) is 0 Å². The van der Waals surface area contributed by atoms with Gasteiger partial charge in [0.2, 0.25) is 0 Å². The molecular formula is C12H16N2S2. The second-order valence-electron chi connectivity index (χ2n) is 3.95. The van der Waals surface area contributed by atoms with E-state index < -0.39 is 0 Å². The monoisotopic (exact) mass is 252 g/mol. The van der Waals surface area contributed by atoms with Crippen LogP contribution in [0.4, 0.5) is 0 Å². The van der Waals surface area contributed by atoms with Gasteiger partial charge < -0.3 is 5.32 Å². The molecule has 2 nitrogen and oxygen atoms in total. The molecule has 2 rings (SSSR count). The first-order chi connectivity index (χ1) is 7.79. The summed E-state index contributed by atoms with van der Waals surface area (Å²) in [5.41, 5.74) is 1.24. The minimum absolute atomic E-state index is 0.0450. The first kappa shape index (κ1) is 11.9. The Morgan fingerprint density at radius 2 is 2.44 bits per heavy atom. The average Bonchev–Trinajstić information content (AvgIpc) is 2.39. The van der Waals surface area contributed by atoms with Gasteiger partial charge in [0.15, 0.2) is 0 Å². The largest absolute Gasteiger partial charge is 0.381 e. The van der Waals surface area contributed by atoms with Crippen molar-refractivity contribution in [3.63, 3.8) is 0 Å². The van der Waals surface area contributed by atoms with Crippen molar-refractivity contribution in [3.8, 4) is 0 Å². The number of pyridine rings is 1. The summed E-state index contributed by atoms with van der Waals surface area (Å²) < 4.78 is -0.0450. The van der Waals surface area contributed by atoms with Crippen molar-refractivity contribution in [1.82, 2.24) is 10.3 Å². The topological polar surface area (TPSA) is 24.9 Å². The van der Waals surface area contributed by atoms with Crippen molar-refractivity contribution in [1.29, 1.82) is 0 Å². The fourth-order valence-corrected chi connectivity index (χ4v) is 4.04. The fraction of sp³-hybridized carbons (Fsp3) is 0.500. The van der Waals surface area contributed by atoms with Gasteiger partial charge in [0.05, 0.1) is 9.74 Å². The molecule has 0 saturated carbocycles. The molecule has 1 saturated heterocycles. The Labute approximate surface area is 106 Å². The lowest BCUT2D eigenvalue weighted by Gasteiger charge is -2.37. The van der Waals surface area contributed by atoms with E-state index in [2.05, 4.69) is 16.4 Å². The molecule has 16 heavy (non-hydrogen) atoms. The maximum absolute atomic E-state index is 5.51. The Morgan fingerprint density at radius 1 is 1.56 bits per heavy atom. The van der Waals surface area contributed by atoms with Gasteiger partial charge in [0.25, 0.3) is 0 Å². The van der Waals surface area contributed by atoms with Gasteiger partial charge in [0.1, 0.15) is 0 Å². The third-order valence-corrected chi connectivity index (χ3v) is 5.30. The predicted molar refractivity (Wildman–Crippen MR) is 73.9 cm³/mol. The van der Waals surface area contributed by atoms with E-state index in [-0.39, 0.29) is 4.75 Å². The van der Waals surface area contributed by atoms with Crippen LogP contribution in [0.2, 0.25) is 0 Å². The van der Waals surface area contributed by atoms with Crippen LogP contribution in [0.25, 0.3) is 0 Å². The lowest BCUT2D eigenvalue weighted by atomic mass is 9.93. The molecule has 0 radical (unpaired) electrons. The van der Waals surface area contributed by atoms with Crippen LogP contribution in [0.15, 0.2) is 24.5 Å². The van der Waals surface area contributed by atoms with E-state index in [1.807, 2.05) is 37.3 Å². The van der Waals surface area contributed by atoms with Crippen molar-refractivity contribution >= 4 is 29.0 Å². The van der Waals surface area contributed by atoms with Crippen LogP contribution in [0.1, 0.15) is 24.8 Å². The molecule has 1 aromatic rings. The molecule has 1 aliphatic heterocycles. The summed E-state index contributed by atoms with van der Waals surface area (Å²) in [6.45, 7) is 0. The van der Waals surface area contributed by atoms with Crippen LogP contribution < -0.4 is 5.32 Å². The summed E-state index contributed by atoms with van der Waals surface area (Å²) in [6.07, 6.45) is 7.40. The number of nitrogens with one attached hydrogen (secondary N) is 1. The zero-order valence-electron chi connectivity index (χ0n) is 9.40. The Kier molecular flexibility index (Phi) is 3.82. The zero-order chi connectivity index (χ0) is 11.4. The number of hydrogen-bond donors (Lipinski definition) is 1. The normalized spacial score (nSPS) is 25.1. The molecule has 0 amide bonds. The van der Waals surface area contributed by atoms with Gasteiger partial charge in [-0.3, -0.25) is 4.98 Å². The smallest absolute Gasteiger partial charge is 0.0960 e. The van der Waals surface area contributed by atoms with Gasteiger partial charge >= 0.3 is 0 Å². The van der Waals surface area contributed by atoms with Crippen LogP contribution in [-0.4, -0.2) is 22.8 Å². The minimum Gasteiger partial charge on any atom is -0.381 e. The Morgan fingerprint density at radius 3 is 3.00 bits per heavy atom.